The Balaban J connectivity index is 2.26. The average Bonchev–Trinajstić information content (AvgIpc) is 2.87. The summed E-state index contributed by atoms with van der Waals surface area (Å²) >= 11 is 0. The molecule has 2 rings (SSSR count). The van der Waals surface area contributed by atoms with Crippen LogP contribution in [0.25, 0.3) is 0 Å². The van der Waals surface area contributed by atoms with E-state index in [0.29, 0.717) is 18.0 Å². The van der Waals surface area contributed by atoms with Gasteiger partial charge < -0.3 is 9.88 Å². The van der Waals surface area contributed by atoms with Gasteiger partial charge >= 0.3 is 0 Å². The molecule has 0 amide bonds. The molecule has 0 saturated carbocycles. The fourth-order valence-electron chi connectivity index (χ4n) is 2.45. The number of nitrogens with one attached hydrogen (secondary N) is 1. The molecule has 0 spiro atoms. The Morgan fingerprint density at radius 2 is 2.05 bits per heavy atom. The monoisotopic (exact) mass is 275 g/mol. The zero-order chi connectivity index (χ0) is 14.5. The van der Waals surface area contributed by atoms with Crippen molar-refractivity contribution in [3.8, 4) is 0 Å². The van der Waals surface area contributed by atoms with Gasteiger partial charge in [0.25, 0.3) is 0 Å². The first kappa shape index (κ1) is 14.7. The second-order valence-corrected chi connectivity index (χ2v) is 5.22. The van der Waals surface area contributed by atoms with Crippen LogP contribution < -0.4 is 5.32 Å². The lowest BCUT2D eigenvalue weighted by Crippen LogP contribution is -2.27. The molecule has 0 aliphatic carbocycles. The molecule has 20 heavy (non-hydrogen) atoms. The van der Waals surface area contributed by atoms with E-state index in [2.05, 4.69) is 28.7 Å². The number of aromatic nitrogens is 2. The third kappa shape index (κ3) is 3.25. The first-order valence-corrected chi connectivity index (χ1v) is 7.12. The largest absolute Gasteiger partial charge is 0.333 e. The Morgan fingerprint density at radius 3 is 2.70 bits per heavy atom. The summed E-state index contributed by atoms with van der Waals surface area (Å²) in [6, 6.07) is 6.90. The molecule has 1 atom stereocenters. The highest BCUT2D eigenvalue weighted by Gasteiger charge is 2.17. The topological polar surface area (TPSA) is 29.9 Å². The van der Waals surface area contributed by atoms with E-state index in [1.54, 1.807) is 12.3 Å². The van der Waals surface area contributed by atoms with Gasteiger partial charge in [-0.25, -0.2) is 9.37 Å². The lowest BCUT2D eigenvalue weighted by atomic mass is 10.1. The minimum absolute atomic E-state index is 0.0482. The van der Waals surface area contributed by atoms with Gasteiger partial charge in [0.15, 0.2) is 0 Å². The molecule has 0 bridgehead atoms. The maximum atomic E-state index is 14.0. The van der Waals surface area contributed by atoms with Crippen molar-refractivity contribution in [3.63, 3.8) is 0 Å². The minimum Gasteiger partial charge on any atom is -0.333 e. The molecule has 1 N–H and O–H groups in total. The van der Waals surface area contributed by atoms with Crippen molar-refractivity contribution in [1.29, 1.82) is 0 Å². The molecule has 1 unspecified atom stereocenters. The van der Waals surface area contributed by atoms with E-state index >= 15 is 0 Å². The SMILES string of the molecule is CCNC(Cn1ccnc1C(C)C)c1ccccc1F. The molecule has 0 radical (unpaired) electrons. The maximum Gasteiger partial charge on any atom is 0.128 e. The van der Waals surface area contributed by atoms with E-state index in [4.69, 9.17) is 0 Å². The van der Waals surface area contributed by atoms with Gasteiger partial charge in [-0.3, -0.25) is 0 Å². The summed E-state index contributed by atoms with van der Waals surface area (Å²) in [5, 5.41) is 3.36. The van der Waals surface area contributed by atoms with Crippen LogP contribution in [0.2, 0.25) is 0 Å². The van der Waals surface area contributed by atoms with Crippen LogP contribution in [0, 0.1) is 5.82 Å². The van der Waals surface area contributed by atoms with Gasteiger partial charge in [-0.1, -0.05) is 39.0 Å². The van der Waals surface area contributed by atoms with E-state index < -0.39 is 0 Å². The Morgan fingerprint density at radius 1 is 1.30 bits per heavy atom. The van der Waals surface area contributed by atoms with E-state index in [-0.39, 0.29) is 11.9 Å². The summed E-state index contributed by atoms with van der Waals surface area (Å²) in [7, 11) is 0. The summed E-state index contributed by atoms with van der Waals surface area (Å²) in [4.78, 5) is 4.39. The van der Waals surface area contributed by atoms with Crippen molar-refractivity contribution in [1.82, 2.24) is 14.9 Å². The fourth-order valence-corrected chi connectivity index (χ4v) is 2.45. The van der Waals surface area contributed by atoms with Gasteiger partial charge in [0.2, 0.25) is 0 Å². The van der Waals surface area contributed by atoms with Crippen LogP contribution in [-0.4, -0.2) is 16.1 Å². The van der Waals surface area contributed by atoms with Crippen LogP contribution in [-0.2, 0) is 6.54 Å². The van der Waals surface area contributed by atoms with Crippen molar-refractivity contribution in [3.05, 3.63) is 53.9 Å². The van der Waals surface area contributed by atoms with Crippen molar-refractivity contribution in [2.45, 2.75) is 39.3 Å². The number of imidazole rings is 1. The number of hydrogen-bond donors (Lipinski definition) is 1. The quantitative estimate of drug-likeness (QED) is 0.874. The molecule has 0 saturated heterocycles. The summed E-state index contributed by atoms with van der Waals surface area (Å²) in [5.74, 6) is 1.22. The summed E-state index contributed by atoms with van der Waals surface area (Å²) < 4.78 is 16.1. The van der Waals surface area contributed by atoms with Crippen LogP contribution in [0.5, 0.6) is 0 Å². The molecule has 0 aliphatic heterocycles. The number of benzene rings is 1. The Kier molecular flexibility index (Phi) is 4.90. The number of hydrogen-bond acceptors (Lipinski definition) is 2. The zero-order valence-electron chi connectivity index (χ0n) is 12.3. The molecule has 1 aromatic carbocycles. The second kappa shape index (κ2) is 6.66. The molecule has 1 aromatic heterocycles. The number of rotatable bonds is 6. The molecular formula is C16H22FN3. The van der Waals surface area contributed by atoms with Crippen LogP contribution >= 0.6 is 0 Å². The fraction of sp³-hybridized carbons (Fsp3) is 0.438. The van der Waals surface area contributed by atoms with Crippen LogP contribution in [0.3, 0.4) is 0 Å². The van der Waals surface area contributed by atoms with Crippen LogP contribution in [0.1, 0.15) is 44.1 Å². The van der Waals surface area contributed by atoms with Crippen molar-refractivity contribution in [2.24, 2.45) is 0 Å². The van der Waals surface area contributed by atoms with Crippen LogP contribution in [0.4, 0.5) is 4.39 Å². The van der Waals surface area contributed by atoms with Gasteiger partial charge in [-0.05, 0) is 12.6 Å². The highest BCUT2D eigenvalue weighted by atomic mass is 19.1. The van der Waals surface area contributed by atoms with E-state index in [9.17, 15) is 4.39 Å². The Labute approximate surface area is 119 Å². The number of halogens is 1. The first-order valence-electron chi connectivity index (χ1n) is 7.12. The highest BCUT2D eigenvalue weighted by Crippen LogP contribution is 2.21. The molecule has 1 heterocycles. The molecule has 0 aliphatic rings. The zero-order valence-corrected chi connectivity index (χ0v) is 12.3. The van der Waals surface area contributed by atoms with Gasteiger partial charge in [-0.15, -0.1) is 0 Å². The van der Waals surface area contributed by atoms with E-state index in [0.717, 1.165) is 12.4 Å². The standard InChI is InChI=1S/C16H22FN3/c1-4-18-15(13-7-5-6-8-14(13)17)11-20-10-9-19-16(20)12(2)3/h5-10,12,15,18H,4,11H2,1-3H3. The highest BCUT2D eigenvalue weighted by molar-refractivity contribution is 5.21. The maximum absolute atomic E-state index is 14.0. The molecule has 4 heteroatoms. The van der Waals surface area contributed by atoms with Crippen molar-refractivity contribution < 1.29 is 4.39 Å². The minimum atomic E-state index is -0.162. The van der Waals surface area contributed by atoms with Crippen LogP contribution in [0.15, 0.2) is 36.7 Å². The van der Waals surface area contributed by atoms with Gasteiger partial charge in [0.05, 0.1) is 6.04 Å². The predicted octanol–water partition coefficient (Wildman–Crippen LogP) is 3.50. The summed E-state index contributed by atoms with van der Waals surface area (Å²) in [5.41, 5.74) is 0.706. The molecule has 0 fully saturated rings. The van der Waals surface area contributed by atoms with Crippen molar-refractivity contribution in [2.75, 3.05) is 6.54 Å². The lowest BCUT2D eigenvalue weighted by Gasteiger charge is -2.21. The van der Waals surface area contributed by atoms with Gasteiger partial charge in [0, 0.05) is 30.4 Å². The summed E-state index contributed by atoms with van der Waals surface area (Å²) in [6.45, 7) is 7.74. The predicted molar refractivity (Wildman–Crippen MR) is 79.1 cm³/mol. The first-order chi connectivity index (χ1) is 9.63. The second-order valence-electron chi connectivity index (χ2n) is 5.22. The third-order valence-corrected chi connectivity index (χ3v) is 3.37. The Hall–Kier alpha value is -1.68. The average molecular weight is 275 g/mol. The molecule has 108 valence electrons. The molecule has 3 nitrogen and oxygen atoms in total. The smallest absolute Gasteiger partial charge is 0.128 e. The Bertz CT molecular complexity index is 548. The van der Waals surface area contributed by atoms with Gasteiger partial charge in [-0.2, -0.15) is 0 Å². The third-order valence-electron chi connectivity index (χ3n) is 3.37. The van der Waals surface area contributed by atoms with E-state index in [1.807, 2.05) is 25.3 Å². The number of likely N-dealkylation sites (N-methyl/N-ethyl adjacent to an activating group) is 1. The normalized spacial score (nSPS) is 12.8. The van der Waals surface area contributed by atoms with E-state index in [1.165, 1.54) is 6.07 Å². The van der Waals surface area contributed by atoms with Gasteiger partial charge in [0.1, 0.15) is 11.6 Å². The lowest BCUT2D eigenvalue weighted by molar-refractivity contribution is 0.442. The molecule has 2 aromatic rings. The summed E-state index contributed by atoms with van der Waals surface area (Å²) in [6.07, 6.45) is 3.76. The molecular weight excluding hydrogens is 253 g/mol. The number of nitrogens with zero attached hydrogens (tertiary/aromatic N) is 2. The van der Waals surface area contributed by atoms with Crippen molar-refractivity contribution >= 4 is 0 Å².